The first-order chi connectivity index (χ1) is 14.4. The third-order valence-electron chi connectivity index (χ3n) is 5.61. The highest BCUT2D eigenvalue weighted by Gasteiger charge is 2.50. The third kappa shape index (κ3) is 4.04. The SMILES string of the molecule is O=S(=O)(Oc1ncc(Nc2cccc(C(F)(F)F)c2)c2c1C1CCC2CC1)C(F)(F)F. The van der Waals surface area contributed by atoms with Crippen molar-refractivity contribution < 1.29 is 38.9 Å². The Hall–Kier alpha value is -2.50. The summed E-state index contributed by atoms with van der Waals surface area (Å²) < 4.78 is 105. The predicted octanol–water partition coefficient (Wildman–Crippen LogP) is 5.83. The minimum Gasteiger partial charge on any atom is -0.355 e. The molecule has 5 rings (SSSR count). The maximum absolute atomic E-state index is 13.0. The van der Waals surface area contributed by atoms with Crippen molar-refractivity contribution in [3.63, 3.8) is 0 Å². The van der Waals surface area contributed by atoms with Crippen molar-refractivity contribution in [2.75, 3.05) is 5.32 Å². The molecular weight excluding hydrogens is 450 g/mol. The quantitative estimate of drug-likeness (QED) is 0.349. The third-order valence-corrected chi connectivity index (χ3v) is 6.55. The van der Waals surface area contributed by atoms with E-state index in [4.69, 9.17) is 0 Å². The number of hydrogen-bond acceptors (Lipinski definition) is 5. The van der Waals surface area contributed by atoms with Gasteiger partial charge in [-0.15, -0.1) is 0 Å². The molecule has 5 nitrogen and oxygen atoms in total. The lowest BCUT2D eigenvalue weighted by Gasteiger charge is -2.39. The zero-order valence-corrected chi connectivity index (χ0v) is 16.5. The summed E-state index contributed by atoms with van der Waals surface area (Å²) in [4.78, 5) is 3.79. The van der Waals surface area contributed by atoms with Gasteiger partial charge in [-0.05, 0) is 61.3 Å². The van der Waals surface area contributed by atoms with Crippen LogP contribution < -0.4 is 9.50 Å². The molecular formula is C19H16F6N2O3S. The normalized spacial score (nSPS) is 21.0. The molecule has 0 amide bonds. The zero-order chi connectivity index (χ0) is 22.6. The van der Waals surface area contributed by atoms with E-state index < -0.39 is 33.2 Å². The number of nitrogens with zero attached hydrogens (tertiary/aromatic N) is 1. The summed E-state index contributed by atoms with van der Waals surface area (Å²) in [6.45, 7) is 0. The Morgan fingerprint density at radius 1 is 0.968 bits per heavy atom. The van der Waals surface area contributed by atoms with Gasteiger partial charge in [-0.2, -0.15) is 34.8 Å². The van der Waals surface area contributed by atoms with Crippen LogP contribution in [0.5, 0.6) is 5.88 Å². The topological polar surface area (TPSA) is 68.3 Å². The summed E-state index contributed by atoms with van der Waals surface area (Å²) in [5.41, 5.74) is -5.21. The maximum atomic E-state index is 13.0. The molecule has 1 aromatic carbocycles. The summed E-state index contributed by atoms with van der Waals surface area (Å²) in [6, 6.07) is 4.47. The van der Waals surface area contributed by atoms with Crippen LogP contribution in [0.1, 0.15) is 54.2 Å². The van der Waals surface area contributed by atoms with Crippen LogP contribution in [0.3, 0.4) is 0 Å². The number of nitrogens with one attached hydrogen (secondary N) is 1. The Morgan fingerprint density at radius 2 is 1.58 bits per heavy atom. The zero-order valence-electron chi connectivity index (χ0n) is 15.7. The molecule has 0 radical (unpaired) electrons. The molecule has 0 saturated heterocycles. The number of pyridine rings is 1. The standard InChI is InChI=1S/C19H16F6N2O3S/c20-18(21,22)12-2-1-3-13(8-12)27-14-9-26-17(30-31(28,29)19(23,24)25)16-11-6-4-10(5-7-11)15(14)16/h1-3,8-11,27H,4-7H2. The molecule has 1 heterocycles. The monoisotopic (exact) mass is 466 g/mol. The highest BCUT2D eigenvalue weighted by atomic mass is 32.2. The Morgan fingerprint density at radius 3 is 2.16 bits per heavy atom. The van der Waals surface area contributed by atoms with Crippen molar-refractivity contribution in [1.82, 2.24) is 4.98 Å². The van der Waals surface area contributed by atoms with Crippen LogP contribution in [0, 0.1) is 0 Å². The van der Waals surface area contributed by atoms with Crippen LogP contribution in [-0.4, -0.2) is 18.9 Å². The Bertz CT molecular complexity index is 1110. The van der Waals surface area contributed by atoms with E-state index in [-0.39, 0.29) is 23.1 Å². The van der Waals surface area contributed by atoms with E-state index in [0.717, 1.165) is 31.2 Å². The van der Waals surface area contributed by atoms with Crippen LogP contribution in [0.2, 0.25) is 0 Å². The van der Waals surface area contributed by atoms with Crippen LogP contribution in [-0.2, 0) is 16.3 Å². The van der Waals surface area contributed by atoms with Gasteiger partial charge < -0.3 is 9.50 Å². The minimum absolute atomic E-state index is 0.0905. The van der Waals surface area contributed by atoms with Gasteiger partial charge in [-0.3, -0.25) is 0 Å². The molecule has 3 aliphatic carbocycles. The van der Waals surface area contributed by atoms with E-state index >= 15 is 0 Å². The molecule has 2 aromatic rings. The fraction of sp³-hybridized carbons (Fsp3) is 0.421. The van der Waals surface area contributed by atoms with Gasteiger partial charge in [0, 0.05) is 11.3 Å². The first-order valence-corrected chi connectivity index (χ1v) is 10.8. The molecule has 0 unspecified atom stereocenters. The van der Waals surface area contributed by atoms with Gasteiger partial charge in [0.2, 0.25) is 5.88 Å². The van der Waals surface area contributed by atoms with Crippen molar-refractivity contribution in [1.29, 1.82) is 0 Å². The number of benzene rings is 1. The van der Waals surface area contributed by atoms with Crippen molar-refractivity contribution in [3.8, 4) is 5.88 Å². The smallest absolute Gasteiger partial charge is 0.355 e. The van der Waals surface area contributed by atoms with E-state index in [0.29, 0.717) is 24.1 Å². The Labute approximate surface area is 173 Å². The van der Waals surface area contributed by atoms with Crippen LogP contribution in [0.4, 0.5) is 37.7 Å². The number of rotatable bonds is 4. The average molecular weight is 466 g/mol. The molecule has 2 bridgehead atoms. The number of anilines is 2. The summed E-state index contributed by atoms with van der Waals surface area (Å²) in [5, 5.41) is 2.86. The van der Waals surface area contributed by atoms with Crippen molar-refractivity contribution in [3.05, 3.63) is 47.2 Å². The largest absolute Gasteiger partial charge is 0.534 e. The first-order valence-electron chi connectivity index (χ1n) is 9.34. The maximum Gasteiger partial charge on any atom is 0.534 e. The molecule has 3 aliphatic rings. The van der Waals surface area contributed by atoms with Gasteiger partial charge in [-0.1, -0.05) is 6.07 Å². The second-order valence-electron chi connectivity index (χ2n) is 7.54. The van der Waals surface area contributed by atoms with Crippen molar-refractivity contribution in [2.45, 2.75) is 49.2 Å². The summed E-state index contributed by atoms with van der Waals surface area (Å²) in [5.74, 6) is -0.960. The van der Waals surface area contributed by atoms with Gasteiger partial charge in [0.15, 0.2) is 0 Å². The van der Waals surface area contributed by atoms with Gasteiger partial charge in [0.05, 0.1) is 17.4 Å². The molecule has 0 spiro atoms. The van der Waals surface area contributed by atoms with Crippen LogP contribution in [0.15, 0.2) is 30.5 Å². The van der Waals surface area contributed by atoms with E-state index in [1.165, 1.54) is 12.1 Å². The fourth-order valence-electron chi connectivity index (χ4n) is 4.27. The lowest BCUT2D eigenvalue weighted by Crippen LogP contribution is -2.30. The van der Waals surface area contributed by atoms with Crippen LogP contribution >= 0.6 is 0 Å². The molecule has 1 N–H and O–H groups in total. The molecule has 1 aromatic heterocycles. The lowest BCUT2D eigenvalue weighted by molar-refractivity contribution is -0.137. The summed E-state index contributed by atoms with van der Waals surface area (Å²) in [6.07, 6.45) is -0.725. The highest BCUT2D eigenvalue weighted by molar-refractivity contribution is 7.87. The van der Waals surface area contributed by atoms with Gasteiger partial charge in [0.1, 0.15) is 0 Å². The molecule has 0 aliphatic heterocycles. The second kappa shape index (κ2) is 7.28. The molecule has 168 valence electrons. The predicted molar refractivity (Wildman–Crippen MR) is 98.5 cm³/mol. The van der Waals surface area contributed by atoms with E-state index in [2.05, 4.69) is 14.5 Å². The summed E-state index contributed by atoms with van der Waals surface area (Å²) >= 11 is 0. The number of fused-ring (bicyclic) bond motifs is 2. The lowest BCUT2D eigenvalue weighted by atomic mass is 9.67. The number of alkyl halides is 6. The van der Waals surface area contributed by atoms with Crippen molar-refractivity contribution in [2.24, 2.45) is 0 Å². The van der Waals surface area contributed by atoms with Gasteiger partial charge >= 0.3 is 21.8 Å². The average Bonchev–Trinajstić information content (AvgIpc) is 2.69. The molecule has 1 saturated carbocycles. The fourth-order valence-corrected chi connectivity index (χ4v) is 4.71. The number of aromatic nitrogens is 1. The second-order valence-corrected chi connectivity index (χ2v) is 9.08. The summed E-state index contributed by atoms with van der Waals surface area (Å²) in [7, 11) is -5.90. The van der Waals surface area contributed by atoms with E-state index in [1.807, 2.05) is 0 Å². The Balaban J connectivity index is 1.76. The molecule has 0 atom stereocenters. The van der Waals surface area contributed by atoms with Crippen LogP contribution in [0.25, 0.3) is 0 Å². The number of halogens is 6. The highest BCUT2D eigenvalue weighted by Crippen LogP contribution is 2.54. The van der Waals surface area contributed by atoms with Crippen molar-refractivity contribution >= 4 is 21.5 Å². The minimum atomic E-state index is -5.90. The molecule has 12 heteroatoms. The van der Waals surface area contributed by atoms with Gasteiger partial charge in [-0.25, -0.2) is 4.98 Å². The van der Waals surface area contributed by atoms with E-state index in [1.54, 1.807) is 0 Å². The number of hydrogen-bond donors (Lipinski definition) is 1. The molecule has 1 fully saturated rings. The van der Waals surface area contributed by atoms with E-state index in [9.17, 15) is 34.8 Å². The van der Waals surface area contributed by atoms with Gasteiger partial charge in [0.25, 0.3) is 0 Å². The molecule has 31 heavy (non-hydrogen) atoms. The Kier molecular flexibility index (Phi) is 5.10. The first kappa shape index (κ1) is 21.7.